The van der Waals surface area contributed by atoms with E-state index in [1.165, 1.54) is 24.3 Å². The van der Waals surface area contributed by atoms with E-state index in [1.54, 1.807) is 60.7 Å². The van der Waals surface area contributed by atoms with Crippen molar-refractivity contribution in [1.82, 2.24) is 0 Å². The number of esters is 1. The molecule has 6 nitrogen and oxygen atoms in total. The van der Waals surface area contributed by atoms with Gasteiger partial charge in [-0.25, -0.2) is 9.79 Å². The van der Waals surface area contributed by atoms with Gasteiger partial charge in [0.05, 0.1) is 10.6 Å². The molecule has 0 spiro atoms. The molecule has 4 rings (SSSR count). The number of benzene rings is 3. The first-order chi connectivity index (χ1) is 14.4. The normalized spacial score (nSPS) is 15.0. The fraction of sp³-hybridized carbons (Fsp3) is 0. The summed E-state index contributed by atoms with van der Waals surface area (Å²) in [5.41, 5.74) is 0.832. The van der Waals surface area contributed by atoms with Crippen LogP contribution >= 0.6 is 11.6 Å². The number of carbonyl (C=O) groups is 1. The number of para-hydroxylation sites is 1. The van der Waals surface area contributed by atoms with Gasteiger partial charge in [-0.3, -0.25) is 0 Å². The Balaban J connectivity index is 1.68. The molecule has 0 saturated carbocycles. The number of hydrogen-bond donors (Lipinski definition) is 0. The number of carbonyl (C=O) groups excluding carboxylic acids is 1. The largest absolute Gasteiger partial charge is 0.402 e. The smallest absolute Gasteiger partial charge is 0.363 e. The monoisotopic (exact) mass is 439 g/mol. The van der Waals surface area contributed by atoms with Crippen molar-refractivity contribution in [2.75, 3.05) is 0 Å². The Morgan fingerprint density at radius 1 is 0.900 bits per heavy atom. The molecule has 0 bridgehead atoms. The zero-order valence-electron chi connectivity index (χ0n) is 15.4. The molecule has 1 heterocycles. The molecular formula is C22H14ClNO5S. The molecule has 0 unspecified atom stereocenters. The fourth-order valence-corrected chi connectivity index (χ4v) is 3.93. The standard InChI is InChI=1S/C22H14ClNO5S/c23-18-12-6-5-11-17(18)21-24-19(22(25)28-21)14-15-8-4-7-13-20(15)29-30(26,27)16-9-2-1-3-10-16/h1-14H. The van der Waals surface area contributed by atoms with Crippen molar-refractivity contribution < 1.29 is 22.1 Å². The van der Waals surface area contributed by atoms with Gasteiger partial charge in [-0.1, -0.05) is 60.1 Å². The van der Waals surface area contributed by atoms with Crippen LogP contribution in [0.25, 0.3) is 6.08 Å². The minimum atomic E-state index is -4.04. The average Bonchev–Trinajstić information content (AvgIpc) is 3.10. The van der Waals surface area contributed by atoms with E-state index >= 15 is 0 Å². The van der Waals surface area contributed by atoms with E-state index in [-0.39, 0.29) is 22.2 Å². The van der Waals surface area contributed by atoms with E-state index in [1.807, 2.05) is 0 Å². The number of cyclic esters (lactones) is 1. The number of rotatable bonds is 5. The summed E-state index contributed by atoms with van der Waals surface area (Å²) < 4.78 is 35.6. The highest BCUT2D eigenvalue weighted by Crippen LogP contribution is 2.28. The molecule has 3 aromatic carbocycles. The van der Waals surface area contributed by atoms with Crippen molar-refractivity contribution in [2.24, 2.45) is 4.99 Å². The van der Waals surface area contributed by atoms with E-state index in [0.717, 1.165) is 0 Å². The molecule has 30 heavy (non-hydrogen) atoms. The third kappa shape index (κ3) is 4.12. The van der Waals surface area contributed by atoms with Gasteiger partial charge < -0.3 is 8.92 Å². The Hall–Kier alpha value is -3.42. The summed E-state index contributed by atoms with van der Waals surface area (Å²) in [6, 6.07) is 21.0. The van der Waals surface area contributed by atoms with Gasteiger partial charge in [-0.05, 0) is 36.4 Å². The summed E-state index contributed by atoms with van der Waals surface area (Å²) in [5.74, 6) is -0.541. The summed E-state index contributed by atoms with van der Waals surface area (Å²) in [6.07, 6.45) is 1.40. The van der Waals surface area contributed by atoms with Gasteiger partial charge in [-0.2, -0.15) is 8.42 Å². The Bertz CT molecular complexity index is 1280. The second-order valence-corrected chi connectivity index (χ2v) is 8.16. The molecule has 1 aliphatic heterocycles. The van der Waals surface area contributed by atoms with E-state index in [9.17, 15) is 13.2 Å². The lowest BCUT2D eigenvalue weighted by molar-refractivity contribution is -0.129. The molecule has 0 saturated heterocycles. The molecule has 1 aliphatic rings. The SMILES string of the molecule is O=C1OC(c2ccccc2Cl)=NC1=Cc1ccccc1OS(=O)(=O)c1ccccc1. The lowest BCUT2D eigenvalue weighted by atomic mass is 10.1. The maximum atomic E-state index is 12.6. The fourth-order valence-electron chi connectivity index (χ4n) is 2.74. The van der Waals surface area contributed by atoms with Crippen LogP contribution in [-0.4, -0.2) is 20.3 Å². The Labute approximate surface area is 178 Å². The van der Waals surface area contributed by atoms with Crippen molar-refractivity contribution in [1.29, 1.82) is 0 Å². The minimum absolute atomic E-state index is 0.00178. The van der Waals surface area contributed by atoms with Crippen molar-refractivity contribution in [2.45, 2.75) is 4.90 Å². The molecule has 0 aromatic heterocycles. The average molecular weight is 440 g/mol. The molecule has 0 radical (unpaired) electrons. The van der Waals surface area contributed by atoms with Gasteiger partial charge in [0.1, 0.15) is 10.6 Å². The van der Waals surface area contributed by atoms with Crippen LogP contribution in [0.1, 0.15) is 11.1 Å². The van der Waals surface area contributed by atoms with Gasteiger partial charge in [0, 0.05) is 5.56 Å². The molecule has 0 aliphatic carbocycles. The quantitative estimate of drug-likeness (QED) is 0.333. The lowest BCUT2D eigenvalue weighted by Crippen LogP contribution is -2.10. The van der Waals surface area contributed by atoms with Crippen molar-refractivity contribution >= 4 is 39.7 Å². The number of ether oxygens (including phenoxy) is 1. The summed E-state index contributed by atoms with van der Waals surface area (Å²) in [4.78, 5) is 16.5. The molecular weight excluding hydrogens is 426 g/mol. The van der Waals surface area contributed by atoms with E-state index in [4.69, 9.17) is 20.5 Å². The van der Waals surface area contributed by atoms with Crippen LogP contribution in [0.15, 0.2) is 94.4 Å². The van der Waals surface area contributed by atoms with E-state index < -0.39 is 16.1 Å². The van der Waals surface area contributed by atoms with E-state index in [0.29, 0.717) is 16.1 Å². The first-order valence-corrected chi connectivity index (χ1v) is 10.6. The van der Waals surface area contributed by atoms with Crippen LogP contribution in [0.4, 0.5) is 0 Å². The maximum Gasteiger partial charge on any atom is 0.363 e. The predicted octanol–water partition coefficient (Wildman–Crippen LogP) is 4.45. The predicted molar refractivity (Wildman–Crippen MR) is 113 cm³/mol. The van der Waals surface area contributed by atoms with Gasteiger partial charge in [-0.15, -0.1) is 0 Å². The third-order valence-corrected chi connectivity index (χ3v) is 5.75. The second-order valence-electron chi connectivity index (χ2n) is 6.20. The molecule has 0 atom stereocenters. The highest BCUT2D eigenvalue weighted by atomic mass is 35.5. The van der Waals surface area contributed by atoms with Crippen LogP contribution in [0.2, 0.25) is 5.02 Å². The van der Waals surface area contributed by atoms with Crippen LogP contribution < -0.4 is 4.18 Å². The van der Waals surface area contributed by atoms with Crippen LogP contribution in [-0.2, 0) is 19.6 Å². The lowest BCUT2D eigenvalue weighted by Gasteiger charge is -2.09. The molecule has 3 aromatic rings. The Morgan fingerprint density at radius 3 is 2.33 bits per heavy atom. The summed E-state index contributed by atoms with van der Waals surface area (Å²) in [6.45, 7) is 0. The Morgan fingerprint density at radius 2 is 1.57 bits per heavy atom. The molecule has 0 fully saturated rings. The molecule has 8 heteroatoms. The zero-order chi connectivity index (χ0) is 21.1. The van der Waals surface area contributed by atoms with Gasteiger partial charge in [0.15, 0.2) is 5.70 Å². The highest BCUT2D eigenvalue weighted by Gasteiger charge is 2.26. The maximum absolute atomic E-state index is 12.6. The number of halogens is 1. The molecule has 150 valence electrons. The third-order valence-electron chi connectivity index (χ3n) is 4.17. The highest BCUT2D eigenvalue weighted by molar-refractivity contribution is 7.87. The number of nitrogens with zero attached hydrogens (tertiary/aromatic N) is 1. The number of aliphatic imine (C=N–C) groups is 1. The Kier molecular flexibility index (Phi) is 5.39. The molecule has 0 N–H and O–H groups in total. The summed E-state index contributed by atoms with van der Waals surface area (Å²) in [5, 5.41) is 0.392. The minimum Gasteiger partial charge on any atom is -0.402 e. The summed E-state index contributed by atoms with van der Waals surface area (Å²) >= 11 is 6.14. The van der Waals surface area contributed by atoms with Crippen molar-refractivity contribution in [3.05, 3.63) is 101 Å². The first-order valence-electron chi connectivity index (χ1n) is 8.80. The van der Waals surface area contributed by atoms with Crippen LogP contribution in [0.5, 0.6) is 5.75 Å². The van der Waals surface area contributed by atoms with Gasteiger partial charge in [0.25, 0.3) is 0 Å². The zero-order valence-corrected chi connectivity index (χ0v) is 16.9. The van der Waals surface area contributed by atoms with Crippen LogP contribution in [0.3, 0.4) is 0 Å². The molecule has 0 amide bonds. The van der Waals surface area contributed by atoms with Crippen molar-refractivity contribution in [3.63, 3.8) is 0 Å². The first kappa shape index (κ1) is 19.9. The second kappa shape index (κ2) is 8.14. The van der Waals surface area contributed by atoms with E-state index in [2.05, 4.69) is 4.99 Å². The van der Waals surface area contributed by atoms with Gasteiger partial charge >= 0.3 is 16.1 Å². The van der Waals surface area contributed by atoms with Crippen LogP contribution in [0, 0.1) is 0 Å². The summed E-state index contributed by atoms with van der Waals surface area (Å²) in [7, 11) is -4.04. The number of hydrogen-bond acceptors (Lipinski definition) is 6. The van der Waals surface area contributed by atoms with Gasteiger partial charge in [0.2, 0.25) is 5.90 Å². The topological polar surface area (TPSA) is 82.0 Å². The van der Waals surface area contributed by atoms with Crippen molar-refractivity contribution in [3.8, 4) is 5.75 Å².